The van der Waals surface area contributed by atoms with Crippen molar-refractivity contribution in [2.24, 2.45) is 5.92 Å². The van der Waals surface area contributed by atoms with E-state index in [1.54, 1.807) is 0 Å². The lowest BCUT2D eigenvalue weighted by molar-refractivity contribution is 0.627. The summed E-state index contributed by atoms with van der Waals surface area (Å²) in [5.41, 5.74) is 2.85. The molecule has 0 aliphatic heterocycles. The van der Waals surface area contributed by atoms with Crippen LogP contribution in [0.4, 0.5) is 0 Å². The highest BCUT2D eigenvalue weighted by Crippen LogP contribution is 2.46. The molecule has 1 saturated carbocycles. The first-order valence-electron chi connectivity index (χ1n) is 6.83. The summed E-state index contributed by atoms with van der Waals surface area (Å²) in [6.07, 6.45) is 1.33. The average molecular weight is 316 g/mol. The van der Waals surface area contributed by atoms with Gasteiger partial charge >= 0.3 is 0 Å². The molecular weight excluding hydrogens is 298 g/mol. The van der Waals surface area contributed by atoms with E-state index in [1.165, 1.54) is 17.5 Å². The standard InChI is InChI=1S/C17H18BrN/c18-16-8-6-13(7-9-16)11-19-12-15-10-17(15)14-4-2-1-3-5-14/h1-9,15,17,19H,10-12H2/t15-,17+/m1/s1. The summed E-state index contributed by atoms with van der Waals surface area (Å²) in [4.78, 5) is 0. The molecule has 0 unspecified atom stereocenters. The zero-order chi connectivity index (χ0) is 13.1. The molecule has 2 atom stereocenters. The number of rotatable bonds is 5. The van der Waals surface area contributed by atoms with Crippen molar-refractivity contribution in [3.63, 3.8) is 0 Å². The van der Waals surface area contributed by atoms with Gasteiger partial charge in [0.25, 0.3) is 0 Å². The zero-order valence-electron chi connectivity index (χ0n) is 10.9. The van der Waals surface area contributed by atoms with E-state index >= 15 is 0 Å². The van der Waals surface area contributed by atoms with E-state index in [0.29, 0.717) is 0 Å². The fourth-order valence-electron chi connectivity index (χ4n) is 2.59. The van der Waals surface area contributed by atoms with Gasteiger partial charge in [-0.15, -0.1) is 0 Å². The number of halogens is 1. The third kappa shape index (κ3) is 3.46. The molecule has 1 N–H and O–H groups in total. The summed E-state index contributed by atoms with van der Waals surface area (Å²) in [6.45, 7) is 2.08. The van der Waals surface area contributed by atoms with Crippen molar-refractivity contribution in [3.8, 4) is 0 Å². The van der Waals surface area contributed by atoms with Crippen molar-refractivity contribution >= 4 is 15.9 Å². The van der Waals surface area contributed by atoms with E-state index in [9.17, 15) is 0 Å². The summed E-state index contributed by atoms with van der Waals surface area (Å²) < 4.78 is 1.14. The fourth-order valence-corrected chi connectivity index (χ4v) is 2.85. The largest absolute Gasteiger partial charge is 0.312 e. The van der Waals surface area contributed by atoms with E-state index < -0.39 is 0 Å². The lowest BCUT2D eigenvalue weighted by Crippen LogP contribution is -2.16. The Balaban J connectivity index is 1.44. The Morgan fingerprint density at radius 1 is 1.00 bits per heavy atom. The molecule has 3 rings (SSSR count). The molecule has 1 aliphatic carbocycles. The van der Waals surface area contributed by atoms with Crippen molar-refractivity contribution in [2.75, 3.05) is 6.54 Å². The van der Waals surface area contributed by atoms with Gasteiger partial charge in [0.05, 0.1) is 0 Å². The van der Waals surface area contributed by atoms with Crippen molar-refractivity contribution < 1.29 is 0 Å². The summed E-state index contributed by atoms with van der Waals surface area (Å²) in [6, 6.07) is 19.4. The second-order valence-corrected chi connectivity index (χ2v) is 6.19. The van der Waals surface area contributed by atoms with Gasteiger partial charge in [0.15, 0.2) is 0 Å². The van der Waals surface area contributed by atoms with Crippen LogP contribution in [0, 0.1) is 5.92 Å². The number of benzene rings is 2. The van der Waals surface area contributed by atoms with E-state index in [-0.39, 0.29) is 0 Å². The molecule has 2 aromatic rings. The molecular formula is C17H18BrN. The lowest BCUT2D eigenvalue weighted by Gasteiger charge is -2.05. The van der Waals surface area contributed by atoms with E-state index in [4.69, 9.17) is 0 Å². The second-order valence-electron chi connectivity index (χ2n) is 5.27. The summed E-state index contributed by atoms with van der Waals surface area (Å²) in [5.74, 6) is 1.59. The van der Waals surface area contributed by atoms with Crippen LogP contribution in [0.25, 0.3) is 0 Å². The summed E-state index contributed by atoms with van der Waals surface area (Å²) in [7, 11) is 0. The minimum Gasteiger partial charge on any atom is -0.312 e. The third-order valence-corrected chi connectivity index (χ3v) is 4.33. The van der Waals surface area contributed by atoms with Crippen LogP contribution in [-0.2, 0) is 6.54 Å². The quantitative estimate of drug-likeness (QED) is 0.865. The summed E-state index contributed by atoms with van der Waals surface area (Å²) >= 11 is 3.46. The molecule has 0 bridgehead atoms. The number of hydrogen-bond donors (Lipinski definition) is 1. The van der Waals surface area contributed by atoms with Gasteiger partial charge in [-0.3, -0.25) is 0 Å². The molecule has 0 radical (unpaired) electrons. The van der Waals surface area contributed by atoms with Gasteiger partial charge in [0, 0.05) is 11.0 Å². The van der Waals surface area contributed by atoms with Gasteiger partial charge in [-0.05, 0) is 48.1 Å². The van der Waals surface area contributed by atoms with Crippen LogP contribution in [0.2, 0.25) is 0 Å². The summed E-state index contributed by atoms with van der Waals surface area (Å²) in [5, 5.41) is 3.57. The Kier molecular flexibility index (Phi) is 4.00. The first kappa shape index (κ1) is 12.9. The van der Waals surface area contributed by atoms with Crippen LogP contribution in [0.3, 0.4) is 0 Å². The van der Waals surface area contributed by atoms with Crippen molar-refractivity contribution in [1.29, 1.82) is 0 Å². The van der Waals surface area contributed by atoms with Crippen LogP contribution in [0.5, 0.6) is 0 Å². The Bertz CT molecular complexity index is 521. The molecule has 1 fully saturated rings. The minimum absolute atomic E-state index is 0.776. The highest BCUT2D eigenvalue weighted by atomic mass is 79.9. The smallest absolute Gasteiger partial charge is 0.0205 e. The maximum Gasteiger partial charge on any atom is 0.0205 e. The predicted molar refractivity (Wildman–Crippen MR) is 83.1 cm³/mol. The van der Waals surface area contributed by atoms with Crippen LogP contribution in [-0.4, -0.2) is 6.54 Å². The Morgan fingerprint density at radius 2 is 1.74 bits per heavy atom. The van der Waals surface area contributed by atoms with Gasteiger partial charge in [0.2, 0.25) is 0 Å². The molecule has 1 aliphatic rings. The molecule has 2 heteroatoms. The maximum absolute atomic E-state index is 3.57. The molecule has 0 saturated heterocycles. The molecule has 98 valence electrons. The van der Waals surface area contributed by atoms with Gasteiger partial charge in [-0.25, -0.2) is 0 Å². The average Bonchev–Trinajstić information content (AvgIpc) is 3.22. The number of nitrogens with one attached hydrogen (secondary N) is 1. The monoisotopic (exact) mass is 315 g/mol. The Morgan fingerprint density at radius 3 is 2.47 bits per heavy atom. The molecule has 0 spiro atoms. The van der Waals surface area contributed by atoms with Crippen molar-refractivity contribution in [2.45, 2.75) is 18.9 Å². The van der Waals surface area contributed by atoms with Crippen molar-refractivity contribution in [3.05, 3.63) is 70.2 Å². The first-order chi connectivity index (χ1) is 9.33. The number of hydrogen-bond acceptors (Lipinski definition) is 1. The molecule has 19 heavy (non-hydrogen) atoms. The Labute approximate surface area is 123 Å². The normalized spacial score (nSPS) is 21.3. The lowest BCUT2D eigenvalue weighted by atomic mass is 10.1. The third-order valence-electron chi connectivity index (χ3n) is 3.80. The van der Waals surface area contributed by atoms with Crippen molar-refractivity contribution in [1.82, 2.24) is 5.32 Å². The molecule has 0 aromatic heterocycles. The fraction of sp³-hybridized carbons (Fsp3) is 0.294. The minimum atomic E-state index is 0.776. The van der Waals surface area contributed by atoms with Crippen LogP contribution in [0.1, 0.15) is 23.5 Å². The molecule has 2 aromatic carbocycles. The highest BCUT2D eigenvalue weighted by Gasteiger charge is 2.37. The maximum atomic E-state index is 3.57. The zero-order valence-corrected chi connectivity index (χ0v) is 12.4. The SMILES string of the molecule is Brc1ccc(CNC[C@H]2C[C@H]2c2ccccc2)cc1. The Hall–Kier alpha value is -1.12. The molecule has 1 nitrogen and oxygen atoms in total. The van der Waals surface area contributed by atoms with Gasteiger partial charge < -0.3 is 5.32 Å². The van der Waals surface area contributed by atoms with Crippen LogP contribution < -0.4 is 5.32 Å². The van der Waals surface area contributed by atoms with Gasteiger partial charge in [-0.2, -0.15) is 0 Å². The van der Waals surface area contributed by atoms with Crippen LogP contribution >= 0.6 is 15.9 Å². The van der Waals surface area contributed by atoms with E-state index in [0.717, 1.165) is 29.4 Å². The van der Waals surface area contributed by atoms with Gasteiger partial charge in [0.1, 0.15) is 0 Å². The highest BCUT2D eigenvalue weighted by molar-refractivity contribution is 9.10. The topological polar surface area (TPSA) is 12.0 Å². The predicted octanol–water partition coefficient (Wildman–Crippen LogP) is 4.34. The second kappa shape index (κ2) is 5.89. The first-order valence-corrected chi connectivity index (χ1v) is 7.62. The van der Waals surface area contributed by atoms with E-state index in [1.807, 2.05) is 0 Å². The van der Waals surface area contributed by atoms with E-state index in [2.05, 4.69) is 75.8 Å². The van der Waals surface area contributed by atoms with Crippen LogP contribution in [0.15, 0.2) is 59.1 Å². The molecule has 0 heterocycles. The molecule has 0 amide bonds. The van der Waals surface area contributed by atoms with Gasteiger partial charge in [-0.1, -0.05) is 58.4 Å².